The molecule has 4 heteroatoms. The summed E-state index contributed by atoms with van der Waals surface area (Å²) in [6.45, 7) is 1.98. The molecule has 2 rings (SSSR count). The Balaban J connectivity index is 2.32. The van der Waals surface area contributed by atoms with E-state index < -0.39 is 5.97 Å². The third-order valence-electron chi connectivity index (χ3n) is 2.27. The molecule has 0 aliphatic carbocycles. The van der Waals surface area contributed by atoms with Crippen LogP contribution in [0, 0.1) is 6.92 Å². The molecule has 0 saturated heterocycles. The lowest BCUT2D eigenvalue weighted by Crippen LogP contribution is -1.96. The Kier molecular flexibility index (Phi) is 2.41. The van der Waals surface area contributed by atoms with Gasteiger partial charge < -0.3 is 9.63 Å². The summed E-state index contributed by atoms with van der Waals surface area (Å²) in [4.78, 5) is 10.4. The molecule has 0 saturated carbocycles. The molecule has 0 radical (unpaired) electrons. The van der Waals surface area contributed by atoms with Crippen LogP contribution in [-0.2, 0) is 11.2 Å². The monoisotopic (exact) mass is 205 g/mol. The van der Waals surface area contributed by atoms with Gasteiger partial charge in [-0.25, -0.2) is 0 Å². The molecule has 78 valence electrons. The minimum atomic E-state index is -0.827. The number of aliphatic carboxylic acids is 1. The predicted octanol–water partition coefficient (Wildman–Crippen LogP) is 2.15. The Morgan fingerprint density at radius 3 is 3.07 bits per heavy atom. The van der Waals surface area contributed by atoms with Gasteiger partial charge in [-0.2, -0.15) is 0 Å². The first-order chi connectivity index (χ1) is 7.16. The number of hydrogen-bond donors (Lipinski definition) is 1. The normalized spacial score (nSPS) is 10.7. The summed E-state index contributed by atoms with van der Waals surface area (Å²) in [5.41, 5.74) is 1.90. The van der Waals surface area contributed by atoms with Crippen molar-refractivity contribution in [2.75, 3.05) is 0 Å². The molecule has 0 bridgehead atoms. The minimum Gasteiger partial charge on any atom is -0.481 e. The second-order valence-electron chi connectivity index (χ2n) is 3.52. The second kappa shape index (κ2) is 3.73. The molecule has 0 fully saturated rings. The van der Waals surface area contributed by atoms with E-state index in [4.69, 9.17) is 9.63 Å². The molecule has 4 nitrogen and oxygen atoms in total. The van der Waals surface area contributed by atoms with E-state index in [1.165, 1.54) is 0 Å². The SMILES string of the molecule is Cc1ccc2c(CCC(=O)O)onc2c1. The third-order valence-corrected chi connectivity index (χ3v) is 2.27. The maximum atomic E-state index is 10.4. The molecule has 0 atom stereocenters. The zero-order chi connectivity index (χ0) is 10.8. The number of fused-ring (bicyclic) bond motifs is 1. The Morgan fingerprint density at radius 1 is 1.53 bits per heavy atom. The molecule has 15 heavy (non-hydrogen) atoms. The third kappa shape index (κ3) is 1.98. The van der Waals surface area contributed by atoms with Crippen molar-refractivity contribution in [3.05, 3.63) is 29.5 Å². The van der Waals surface area contributed by atoms with Crippen LogP contribution in [0.1, 0.15) is 17.7 Å². The van der Waals surface area contributed by atoms with Crippen molar-refractivity contribution in [3.8, 4) is 0 Å². The molecule has 1 N–H and O–H groups in total. The zero-order valence-corrected chi connectivity index (χ0v) is 8.36. The molecule has 0 aliphatic heterocycles. The van der Waals surface area contributed by atoms with Crippen LogP contribution >= 0.6 is 0 Å². The molecular formula is C11H11NO3. The number of nitrogens with zero attached hydrogens (tertiary/aromatic N) is 1. The van der Waals surface area contributed by atoms with Gasteiger partial charge in [0.1, 0.15) is 11.3 Å². The standard InChI is InChI=1S/C11H11NO3/c1-7-2-3-8-9(6-7)12-15-10(8)4-5-11(13)14/h2-3,6H,4-5H2,1H3,(H,13,14). The van der Waals surface area contributed by atoms with Crippen LogP contribution in [0.2, 0.25) is 0 Å². The van der Waals surface area contributed by atoms with Gasteiger partial charge in [0.05, 0.1) is 6.42 Å². The molecule has 0 amide bonds. The average molecular weight is 205 g/mol. The van der Waals surface area contributed by atoms with Crippen LogP contribution in [0.5, 0.6) is 0 Å². The number of carbonyl (C=O) groups is 1. The van der Waals surface area contributed by atoms with E-state index in [0.29, 0.717) is 12.2 Å². The van der Waals surface area contributed by atoms with E-state index in [0.717, 1.165) is 16.5 Å². The molecular weight excluding hydrogens is 194 g/mol. The predicted molar refractivity (Wildman–Crippen MR) is 54.7 cm³/mol. The fourth-order valence-corrected chi connectivity index (χ4v) is 1.51. The largest absolute Gasteiger partial charge is 0.481 e. The summed E-state index contributed by atoms with van der Waals surface area (Å²) in [6.07, 6.45) is 0.451. The van der Waals surface area contributed by atoms with Crippen LogP contribution < -0.4 is 0 Å². The molecule has 2 aromatic rings. The summed E-state index contributed by atoms with van der Waals surface area (Å²) in [7, 11) is 0. The Bertz CT molecular complexity index is 502. The Hall–Kier alpha value is -1.84. The average Bonchev–Trinajstić information content (AvgIpc) is 2.57. The lowest BCUT2D eigenvalue weighted by Gasteiger charge is -1.93. The van der Waals surface area contributed by atoms with Crippen molar-refractivity contribution in [2.45, 2.75) is 19.8 Å². The van der Waals surface area contributed by atoms with Crippen LogP contribution in [0.4, 0.5) is 0 Å². The van der Waals surface area contributed by atoms with Crippen molar-refractivity contribution in [1.29, 1.82) is 0 Å². The zero-order valence-electron chi connectivity index (χ0n) is 8.36. The van der Waals surface area contributed by atoms with Crippen LogP contribution in [0.25, 0.3) is 10.9 Å². The van der Waals surface area contributed by atoms with Crippen molar-refractivity contribution >= 4 is 16.9 Å². The highest BCUT2D eigenvalue weighted by Crippen LogP contribution is 2.20. The number of aryl methyl sites for hydroxylation is 2. The van der Waals surface area contributed by atoms with Crippen LogP contribution in [-0.4, -0.2) is 16.2 Å². The van der Waals surface area contributed by atoms with Crippen molar-refractivity contribution in [1.82, 2.24) is 5.16 Å². The van der Waals surface area contributed by atoms with E-state index in [-0.39, 0.29) is 6.42 Å². The Labute approximate surface area is 86.5 Å². The quantitative estimate of drug-likeness (QED) is 0.833. The van der Waals surface area contributed by atoms with E-state index in [1.807, 2.05) is 25.1 Å². The molecule has 0 aliphatic rings. The second-order valence-corrected chi connectivity index (χ2v) is 3.52. The first kappa shape index (κ1) is 9.71. The van der Waals surface area contributed by atoms with Crippen LogP contribution in [0.3, 0.4) is 0 Å². The summed E-state index contributed by atoms with van der Waals surface area (Å²) in [5, 5.41) is 13.4. The Morgan fingerprint density at radius 2 is 2.33 bits per heavy atom. The van der Waals surface area contributed by atoms with Crippen molar-refractivity contribution < 1.29 is 14.4 Å². The van der Waals surface area contributed by atoms with E-state index in [2.05, 4.69) is 5.16 Å². The molecule has 1 aromatic heterocycles. The summed E-state index contributed by atoms with van der Waals surface area (Å²) in [6, 6.07) is 5.80. The highest BCUT2D eigenvalue weighted by Gasteiger charge is 2.09. The van der Waals surface area contributed by atoms with Gasteiger partial charge in [-0.15, -0.1) is 0 Å². The lowest BCUT2D eigenvalue weighted by atomic mass is 10.1. The fraction of sp³-hybridized carbons (Fsp3) is 0.273. The van der Waals surface area contributed by atoms with Gasteiger partial charge in [-0.1, -0.05) is 11.2 Å². The maximum absolute atomic E-state index is 10.4. The van der Waals surface area contributed by atoms with Gasteiger partial charge >= 0.3 is 5.97 Å². The van der Waals surface area contributed by atoms with Crippen LogP contribution in [0.15, 0.2) is 22.7 Å². The van der Waals surface area contributed by atoms with Gasteiger partial charge in [0.15, 0.2) is 0 Å². The number of benzene rings is 1. The lowest BCUT2D eigenvalue weighted by molar-refractivity contribution is -0.137. The van der Waals surface area contributed by atoms with Crippen molar-refractivity contribution in [3.63, 3.8) is 0 Å². The topological polar surface area (TPSA) is 63.3 Å². The summed E-state index contributed by atoms with van der Waals surface area (Å²) < 4.78 is 5.11. The maximum Gasteiger partial charge on any atom is 0.303 e. The summed E-state index contributed by atoms with van der Waals surface area (Å²) >= 11 is 0. The highest BCUT2D eigenvalue weighted by molar-refractivity contribution is 5.81. The number of carboxylic acid groups (broad SMARTS) is 1. The molecule has 0 unspecified atom stereocenters. The van der Waals surface area contributed by atoms with Crippen molar-refractivity contribution in [2.24, 2.45) is 0 Å². The van der Waals surface area contributed by atoms with E-state index in [1.54, 1.807) is 0 Å². The first-order valence-electron chi connectivity index (χ1n) is 4.73. The van der Waals surface area contributed by atoms with Gasteiger partial charge in [0.25, 0.3) is 0 Å². The number of hydrogen-bond acceptors (Lipinski definition) is 3. The number of rotatable bonds is 3. The fourth-order valence-electron chi connectivity index (χ4n) is 1.51. The summed E-state index contributed by atoms with van der Waals surface area (Å²) in [5.74, 6) is -0.181. The first-order valence-corrected chi connectivity index (χ1v) is 4.73. The number of aromatic nitrogens is 1. The molecule has 1 aromatic carbocycles. The smallest absolute Gasteiger partial charge is 0.303 e. The van der Waals surface area contributed by atoms with E-state index >= 15 is 0 Å². The van der Waals surface area contributed by atoms with E-state index in [9.17, 15) is 4.79 Å². The van der Waals surface area contributed by atoms with Gasteiger partial charge in [0.2, 0.25) is 0 Å². The number of carboxylic acids is 1. The minimum absolute atomic E-state index is 0.0676. The van der Waals surface area contributed by atoms with Gasteiger partial charge in [-0.3, -0.25) is 4.79 Å². The van der Waals surface area contributed by atoms with Gasteiger partial charge in [0, 0.05) is 11.8 Å². The molecule has 0 spiro atoms. The highest BCUT2D eigenvalue weighted by atomic mass is 16.5. The molecule has 1 heterocycles. The van der Waals surface area contributed by atoms with Gasteiger partial charge in [-0.05, 0) is 24.6 Å².